The van der Waals surface area contributed by atoms with E-state index in [-0.39, 0.29) is 5.69 Å². The van der Waals surface area contributed by atoms with Crippen molar-refractivity contribution in [3.8, 4) is 5.75 Å². The van der Waals surface area contributed by atoms with Crippen molar-refractivity contribution in [3.05, 3.63) is 34.4 Å². The molecule has 8 nitrogen and oxygen atoms in total. The molecule has 1 aromatic rings. The molecule has 0 heterocycles. The van der Waals surface area contributed by atoms with Crippen LogP contribution in [0.4, 0.5) is 5.69 Å². The molecule has 130 valence electrons. The summed E-state index contributed by atoms with van der Waals surface area (Å²) in [4.78, 5) is 22.1. The molecule has 1 aliphatic rings. The van der Waals surface area contributed by atoms with E-state index in [9.17, 15) is 14.9 Å². The van der Waals surface area contributed by atoms with Crippen LogP contribution in [0.5, 0.6) is 5.75 Å². The number of nitrogens with one attached hydrogen (secondary N) is 3. The van der Waals surface area contributed by atoms with Crippen molar-refractivity contribution in [1.29, 1.82) is 0 Å². The first-order valence-electron chi connectivity index (χ1n) is 7.73. The SMILES string of the molecule is C[C@H](Oc1ccc([N+](=O)[O-])cc1)C(=O)NNC(=S)NC1CCCC1. The van der Waals surface area contributed by atoms with Crippen LogP contribution in [0.1, 0.15) is 32.6 Å². The van der Waals surface area contributed by atoms with E-state index >= 15 is 0 Å². The van der Waals surface area contributed by atoms with Crippen LogP contribution < -0.4 is 20.9 Å². The zero-order chi connectivity index (χ0) is 17.5. The number of hydrogen-bond donors (Lipinski definition) is 3. The van der Waals surface area contributed by atoms with Crippen molar-refractivity contribution >= 4 is 28.9 Å². The molecule has 0 saturated heterocycles. The highest BCUT2D eigenvalue weighted by Gasteiger charge is 2.18. The highest BCUT2D eigenvalue weighted by molar-refractivity contribution is 7.80. The summed E-state index contributed by atoms with van der Waals surface area (Å²) >= 11 is 5.12. The van der Waals surface area contributed by atoms with Gasteiger partial charge in [-0.3, -0.25) is 25.8 Å². The van der Waals surface area contributed by atoms with Crippen LogP contribution in [-0.4, -0.2) is 28.1 Å². The molecule has 1 amide bonds. The summed E-state index contributed by atoms with van der Waals surface area (Å²) in [6.07, 6.45) is 3.75. The molecule has 1 saturated carbocycles. The number of benzene rings is 1. The van der Waals surface area contributed by atoms with Crippen LogP contribution in [0.25, 0.3) is 0 Å². The molecule has 2 rings (SSSR count). The molecule has 1 aromatic carbocycles. The third-order valence-corrected chi connectivity index (χ3v) is 3.94. The highest BCUT2D eigenvalue weighted by atomic mass is 32.1. The Morgan fingerprint density at radius 2 is 1.92 bits per heavy atom. The van der Waals surface area contributed by atoms with Crippen molar-refractivity contribution < 1.29 is 14.5 Å². The lowest BCUT2D eigenvalue weighted by Gasteiger charge is -2.18. The molecule has 0 aromatic heterocycles. The Bertz CT molecular complexity index is 602. The monoisotopic (exact) mass is 352 g/mol. The second kappa shape index (κ2) is 8.44. The van der Waals surface area contributed by atoms with E-state index in [1.165, 1.54) is 37.1 Å². The van der Waals surface area contributed by atoms with Gasteiger partial charge >= 0.3 is 0 Å². The van der Waals surface area contributed by atoms with Gasteiger partial charge in [0.05, 0.1) is 4.92 Å². The van der Waals surface area contributed by atoms with Gasteiger partial charge in [0.2, 0.25) is 0 Å². The molecule has 24 heavy (non-hydrogen) atoms. The van der Waals surface area contributed by atoms with Crippen LogP contribution >= 0.6 is 12.2 Å². The number of carbonyl (C=O) groups excluding carboxylic acids is 1. The lowest BCUT2D eigenvalue weighted by molar-refractivity contribution is -0.384. The van der Waals surface area contributed by atoms with Crippen molar-refractivity contribution in [2.24, 2.45) is 0 Å². The average molecular weight is 352 g/mol. The quantitative estimate of drug-likeness (QED) is 0.421. The zero-order valence-corrected chi connectivity index (χ0v) is 14.1. The summed E-state index contributed by atoms with van der Waals surface area (Å²) in [5.41, 5.74) is 5.09. The van der Waals surface area contributed by atoms with Gasteiger partial charge in [-0.15, -0.1) is 0 Å². The number of hydrogen-bond acceptors (Lipinski definition) is 5. The maximum atomic E-state index is 12.0. The van der Waals surface area contributed by atoms with Crippen molar-refractivity contribution in [2.45, 2.75) is 44.8 Å². The molecule has 1 aliphatic carbocycles. The van der Waals surface area contributed by atoms with E-state index in [2.05, 4.69) is 16.2 Å². The van der Waals surface area contributed by atoms with Crippen LogP contribution in [-0.2, 0) is 4.79 Å². The summed E-state index contributed by atoms with van der Waals surface area (Å²) in [7, 11) is 0. The molecule has 0 unspecified atom stereocenters. The zero-order valence-electron chi connectivity index (χ0n) is 13.3. The summed E-state index contributed by atoms with van der Waals surface area (Å²) in [6, 6.07) is 5.89. The Kier molecular flexibility index (Phi) is 6.30. The molecule has 0 spiro atoms. The maximum absolute atomic E-state index is 12.0. The molecule has 3 N–H and O–H groups in total. The van der Waals surface area contributed by atoms with Gasteiger partial charge in [-0.25, -0.2) is 0 Å². The van der Waals surface area contributed by atoms with Crippen LogP contribution in [0.3, 0.4) is 0 Å². The fourth-order valence-corrected chi connectivity index (χ4v) is 2.63. The number of non-ortho nitro benzene ring substituents is 1. The second-order valence-corrected chi connectivity index (χ2v) is 5.99. The van der Waals surface area contributed by atoms with E-state index < -0.39 is 16.9 Å². The number of carbonyl (C=O) groups is 1. The van der Waals surface area contributed by atoms with Crippen molar-refractivity contribution in [2.75, 3.05) is 0 Å². The van der Waals surface area contributed by atoms with Gasteiger partial charge in [0, 0.05) is 18.2 Å². The highest BCUT2D eigenvalue weighted by Crippen LogP contribution is 2.18. The first kappa shape index (κ1) is 17.9. The Labute approximate surface area is 145 Å². The minimum absolute atomic E-state index is 0.0375. The number of hydrazine groups is 1. The minimum Gasteiger partial charge on any atom is -0.481 e. The number of amides is 1. The lowest BCUT2D eigenvalue weighted by Crippen LogP contribution is -2.52. The van der Waals surface area contributed by atoms with Crippen LogP contribution in [0, 0.1) is 10.1 Å². The van der Waals surface area contributed by atoms with E-state index in [0.717, 1.165) is 12.8 Å². The van der Waals surface area contributed by atoms with E-state index in [1.54, 1.807) is 6.92 Å². The summed E-state index contributed by atoms with van der Waals surface area (Å²) in [6.45, 7) is 1.58. The average Bonchev–Trinajstić information content (AvgIpc) is 3.06. The molecule has 1 fully saturated rings. The molecular weight excluding hydrogens is 332 g/mol. The molecule has 0 bridgehead atoms. The fourth-order valence-electron chi connectivity index (χ4n) is 2.42. The third-order valence-electron chi connectivity index (χ3n) is 3.72. The number of thiocarbonyl (C=S) groups is 1. The first-order chi connectivity index (χ1) is 11.5. The Balaban J connectivity index is 1.74. The fraction of sp³-hybridized carbons (Fsp3) is 0.467. The third kappa shape index (κ3) is 5.34. The normalized spacial score (nSPS) is 15.4. The maximum Gasteiger partial charge on any atom is 0.279 e. The van der Waals surface area contributed by atoms with Crippen LogP contribution in [0.15, 0.2) is 24.3 Å². The number of rotatable bonds is 5. The van der Waals surface area contributed by atoms with Crippen molar-refractivity contribution in [1.82, 2.24) is 16.2 Å². The Morgan fingerprint density at radius 1 is 1.29 bits per heavy atom. The predicted octanol–water partition coefficient (Wildman–Crippen LogP) is 1.80. The van der Waals surface area contributed by atoms with Crippen LogP contribution in [0.2, 0.25) is 0 Å². The van der Waals surface area contributed by atoms with Gasteiger partial charge in [-0.05, 0) is 44.1 Å². The van der Waals surface area contributed by atoms with Gasteiger partial charge in [0.25, 0.3) is 11.6 Å². The number of nitrogens with zero attached hydrogens (tertiary/aromatic N) is 1. The summed E-state index contributed by atoms with van der Waals surface area (Å²) in [5.74, 6) is -0.0289. The molecular formula is C15H20N4O4S. The standard InChI is InChI=1S/C15H20N4O4S/c1-10(23-13-8-6-12(7-9-13)19(21)22)14(20)17-18-15(24)16-11-4-2-3-5-11/h6-11H,2-5H2,1H3,(H,17,20)(H2,16,18,24)/t10-/m0/s1. The summed E-state index contributed by atoms with van der Waals surface area (Å²) < 4.78 is 5.44. The number of nitro benzene ring substituents is 1. The van der Waals surface area contributed by atoms with Crippen molar-refractivity contribution in [3.63, 3.8) is 0 Å². The van der Waals surface area contributed by atoms with Gasteiger partial charge in [-0.2, -0.15) is 0 Å². The van der Waals surface area contributed by atoms with Gasteiger partial charge in [-0.1, -0.05) is 12.8 Å². The topological polar surface area (TPSA) is 106 Å². The summed E-state index contributed by atoms with van der Waals surface area (Å²) in [5, 5.41) is 14.1. The van der Waals surface area contributed by atoms with Gasteiger partial charge in [0.15, 0.2) is 11.2 Å². The Morgan fingerprint density at radius 3 is 2.50 bits per heavy atom. The number of nitro groups is 1. The van der Waals surface area contributed by atoms with E-state index in [0.29, 0.717) is 16.9 Å². The molecule has 0 radical (unpaired) electrons. The minimum atomic E-state index is -0.784. The second-order valence-electron chi connectivity index (χ2n) is 5.58. The van der Waals surface area contributed by atoms with Gasteiger partial charge in [0.1, 0.15) is 5.75 Å². The Hall–Kier alpha value is -2.42. The molecule has 1 atom stereocenters. The van der Waals surface area contributed by atoms with E-state index in [4.69, 9.17) is 17.0 Å². The molecule has 0 aliphatic heterocycles. The first-order valence-corrected chi connectivity index (χ1v) is 8.14. The number of ether oxygens (including phenoxy) is 1. The lowest BCUT2D eigenvalue weighted by atomic mass is 10.3. The smallest absolute Gasteiger partial charge is 0.279 e. The van der Waals surface area contributed by atoms with Gasteiger partial charge < -0.3 is 10.1 Å². The van der Waals surface area contributed by atoms with E-state index in [1.807, 2.05) is 0 Å². The largest absolute Gasteiger partial charge is 0.481 e. The predicted molar refractivity (Wildman–Crippen MR) is 92.5 cm³/mol. The molecule has 9 heteroatoms.